The van der Waals surface area contributed by atoms with Gasteiger partial charge in [-0.2, -0.15) is 0 Å². The number of hydrogen-bond donors (Lipinski definition) is 0. The summed E-state index contributed by atoms with van der Waals surface area (Å²) in [4.78, 5) is 25.5. The van der Waals surface area contributed by atoms with Crippen LogP contribution < -0.4 is 4.90 Å². The van der Waals surface area contributed by atoms with E-state index in [1.54, 1.807) is 17.0 Å². The average Bonchev–Trinajstić information content (AvgIpc) is 2.99. The zero-order chi connectivity index (χ0) is 13.4. The number of carbonyl (C=O) groups excluding carboxylic acids is 2. The Bertz CT molecular complexity index is 537. The average molecular weight is 324 g/mol. The fraction of sp³-hybridized carbons (Fsp3) is 0.429. The highest BCUT2D eigenvalue weighted by Crippen LogP contribution is 2.36. The Morgan fingerprint density at radius 2 is 2.21 bits per heavy atom. The third-order valence-electron chi connectivity index (χ3n) is 3.64. The first-order chi connectivity index (χ1) is 9.18. The topological polar surface area (TPSA) is 46.6 Å². The quantitative estimate of drug-likeness (QED) is 0.803. The minimum absolute atomic E-state index is 0.217. The number of ketones is 1. The Morgan fingerprint density at radius 3 is 2.95 bits per heavy atom. The van der Waals surface area contributed by atoms with Crippen LogP contribution in [0.2, 0.25) is 0 Å². The molecule has 100 valence electrons. The Hall–Kier alpha value is -1.20. The molecule has 4 nitrogen and oxygen atoms in total. The lowest BCUT2D eigenvalue weighted by molar-refractivity contribution is -0.114. The Morgan fingerprint density at radius 1 is 1.37 bits per heavy atom. The predicted molar refractivity (Wildman–Crippen MR) is 74.4 cm³/mol. The summed E-state index contributed by atoms with van der Waals surface area (Å²) in [6.07, 6.45) is 3.12. The van der Waals surface area contributed by atoms with Crippen LogP contribution in [0.3, 0.4) is 0 Å². The van der Waals surface area contributed by atoms with Gasteiger partial charge >= 0.3 is 0 Å². The Balaban J connectivity index is 1.82. The zero-order valence-corrected chi connectivity index (χ0v) is 12.0. The van der Waals surface area contributed by atoms with Gasteiger partial charge < -0.3 is 9.64 Å². The third kappa shape index (κ3) is 2.21. The molecule has 0 saturated carbocycles. The molecule has 1 amide bonds. The third-order valence-corrected chi connectivity index (χ3v) is 4.28. The summed E-state index contributed by atoms with van der Waals surface area (Å²) >= 11 is 3.42. The molecular weight excluding hydrogens is 310 g/mol. The number of fused-ring (bicyclic) bond motifs is 1. The highest BCUT2D eigenvalue weighted by molar-refractivity contribution is 9.10. The van der Waals surface area contributed by atoms with E-state index in [-0.39, 0.29) is 6.10 Å². The van der Waals surface area contributed by atoms with Gasteiger partial charge in [-0.05, 0) is 47.3 Å². The number of Topliss-reactive ketones (excluding diaryl/α,β-unsaturated/α-hetero) is 1. The molecule has 5 heteroatoms. The van der Waals surface area contributed by atoms with Gasteiger partial charge in [0.2, 0.25) is 0 Å². The van der Waals surface area contributed by atoms with Crippen molar-refractivity contribution in [3.63, 3.8) is 0 Å². The second kappa shape index (κ2) is 5.06. The van der Waals surface area contributed by atoms with Gasteiger partial charge in [0.15, 0.2) is 0 Å². The van der Waals surface area contributed by atoms with Crippen molar-refractivity contribution in [1.82, 2.24) is 0 Å². The molecule has 2 heterocycles. The molecule has 19 heavy (non-hydrogen) atoms. The van der Waals surface area contributed by atoms with E-state index in [9.17, 15) is 9.59 Å². The molecule has 0 radical (unpaired) electrons. The van der Waals surface area contributed by atoms with Gasteiger partial charge in [-0.1, -0.05) is 6.07 Å². The maximum absolute atomic E-state index is 12.0. The minimum Gasteiger partial charge on any atom is -0.378 e. The van der Waals surface area contributed by atoms with Crippen LogP contribution in [0.25, 0.3) is 0 Å². The lowest BCUT2D eigenvalue weighted by atomic mass is 10.1. The second-order valence-corrected chi connectivity index (χ2v) is 5.70. The fourth-order valence-corrected chi connectivity index (χ4v) is 3.25. The summed E-state index contributed by atoms with van der Waals surface area (Å²) in [6.45, 7) is 1.34. The normalized spacial score (nSPS) is 22.2. The summed E-state index contributed by atoms with van der Waals surface area (Å²) in [6, 6.07) is 5.33. The lowest BCUT2D eigenvalue weighted by Gasteiger charge is -2.19. The van der Waals surface area contributed by atoms with E-state index < -0.39 is 11.7 Å². The molecule has 1 aromatic carbocycles. The van der Waals surface area contributed by atoms with Gasteiger partial charge in [0.25, 0.3) is 11.7 Å². The standard InChI is InChI=1S/C14H14BrNO3/c15-11-5-1-4-10-12(11)16(14(18)13(10)17)7-6-9-3-2-8-19-9/h1,4-5,9H,2-3,6-8H2. The van der Waals surface area contributed by atoms with E-state index >= 15 is 0 Å². The highest BCUT2D eigenvalue weighted by atomic mass is 79.9. The molecule has 0 aromatic heterocycles. The molecule has 0 N–H and O–H groups in total. The molecule has 1 fully saturated rings. The molecule has 0 spiro atoms. The van der Waals surface area contributed by atoms with E-state index in [0.29, 0.717) is 17.8 Å². The van der Waals surface area contributed by atoms with Gasteiger partial charge in [0.1, 0.15) is 0 Å². The van der Waals surface area contributed by atoms with Crippen molar-refractivity contribution in [3.8, 4) is 0 Å². The molecule has 0 aliphatic carbocycles. The van der Waals surface area contributed by atoms with Crippen LogP contribution in [-0.4, -0.2) is 30.9 Å². The second-order valence-electron chi connectivity index (χ2n) is 4.85. The van der Waals surface area contributed by atoms with Crippen molar-refractivity contribution in [2.75, 3.05) is 18.1 Å². The molecule has 1 aromatic rings. The number of amides is 1. The Labute approximate surface area is 119 Å². The van der Waals surface area contributed by atoms with E-state index in [0.717, 1.165) is 30.3 Å². The lowest BCUT2D eigenvalue weighted by Crippen LogP contribution is -2.32. The number of halogens is 1. The van der Waals surface area contributed by atoms with Crippen molar-refractivity contribution in [2.45, 2.75) is 25.4 Å². The van der Waals surface area contributed by atoms with Crippen molar-refractivity contribution in [1.29, 1.82) is 0 Å². The largest absolute Gasteiger partial charge is 0.378 e. The maximum Gasteiger partial charge on any atom is 0.299 e. The SMILES string of the molecule is O=C1C(=O)N(CCC2CCCO2)c2c(Br)cccc21. The predicted octanol–water partition coefficient (Wildman–Crippen LogP) is 2.55. The summed E-state index contributed by atoms with van der Waals surface area (Å²) < 4.78 is 6.35. The van der Waals surface area contributed by atoms with Crippen LogP contribution in [0, 0.1) is 0 Å². The van der Waals surface area contributed by atoms with Gasteiger partial charge in [-0.15, -0.1) is 0 Å². The first-order valence-electron chi connectivity index (χ1n) is 6.45. The molecule has 1 saturated heterocycles. The molecule has 2 aliphatic heterocycles. The number of para-hydroxylation sites is 1. The van der Waals surface area contributed by atoms with Crippen LogP contribution >= 0.6 is 15.9 Å². The molecule has 3 rings (SSSR count). The Kier molecular flexibility index (Phi) is 3.41. The van der Waals surface area contributed by atoms with Crippen molar-refractivity contribution >= 4 is 33.3 Å². The van der Waals surface area contributed by atoms with E-state index in [1.165, 1.54) is 0 Å². The van der Waals surface area contributed by atoms with Gasteiger partial charge in [-0.3, -0.25) is 9.59 Å². The zero-order valence-electron chi connectivity index (χ0n) is 10.4. The molecule has 1 atom stereocenters. The molecular formula is C14H14BrNO3. The van der Waals surface area contributed by atoms with Gasteiger partial charge in [0, 0.05) is 17.6 Å². The number of benzene rings is 1. The number of carbonyl (C=O) groups is 2. The maximum atomic E-state index is 12.0. The van der Waals surface area contributed by atoms with Crippen LogP contribution in [0.1, 0.15) is 29.6 Å². The fourth-order valence-electron chi connectivity index (χ4n) is 2.67. The summed E-state index contributed by atoms with van der Waals surface area (Å²) in [7, 11) is 0. The van der Waals surface area contributed by atoms with Gasteiger partial charge in [0.05, 0.1) is 17.4 Å². The number of anilines is 1. The summed E-state index contributed by atoms with van der Waals surface area (Å²) in [5.74, 6) is -0.844. The monoisotopic (exact) mass is 323 g/mol. The first kappa shape index (κ1) is 12.8. The highest BCUT2D eigenvalue weighted by Gasteiger charge is 2.37. The van der Waals surface area contributed by atoms with E-state index in [4.69, 9.17) is 4.74 Å². The van der Waals surface area contributed by atoms with Crippen molar-refractivity contribution in [2.24, 2.45) is 0 Å². The van der Waals surface area contributed by atoms with Crippen LogP contribution in [0.15, 0.2) is 22.7 Å². The summed E-state index contributed by atoms with van der Waals surface area (Å²) in [5.41, 5.74) is 1.20. The van der Waals surface area contributed by atoms with Crippen LogP contribution in [0.4, 0.5) is 5.69 Å². The van der Waals surface area contributed by atoms with Crippen LogP contribution in [-0.2, 0) is 9.53 Å². The molecule has 0 bridgehead atoms. The van der Waals surface area contributed by atoms with E-state index in [2.05, 4.69) is 15.9 Å². The smallest absolute Gasteiger partial charge is 0.299 e. The number of rotatable bonds is 3. The summed E-state index contributed by atoms with van der Waals surface area (Å²) in [5, 5.41) is 0. The van der Waals surface area contributed by atoms with Crippen LogP contribution in [0.5, 0.6) is 0 Å². The minimum atomic E-state index is -0.431. The molecule has 2 aliphatic rings. The van der Waals surface area contributed by atoms with E-state index in [1.807, 2.05) is 6.07 Å². The number of nitrogens with zero attached hydrogens (tertiary/aromatic N) is 1. The van der Waals surface area contributed by atoms with Crippen molar-refractivity contribution in [3.05, 3.63) is 28.2 Å². The number of hydrogen-bond acceptors (Lipinski definition) is 3. The van der Waals surface area contributed by atoms with Gasteiger partial charge in [-0.25, -0.2) is 0 Å². The first-order valence-corrected chi connectivity index (χ1v) is 7.24. The van der Waals surface area contributed by atoms with Crippen molar-refractivity contribution < 1.29 is 14.3 Å². The number of ether oxygens (including phenoxy) is 1. The molecule has 1 unspecified atom stereocenters.